The first-order valence-corrected chi connectivity index (χ1v) is 9.20. The molecule has 0 amide bonds. The minimum atomic E-state index is -0.302. The summed E-state index contributed by atoms with van der Waals surface area (Å²) in [4.78, 5) is 14.9. The van der Waals surface area contributed by atoms with Crippen molar-refractivity contribution in [1.82, 2.24) is 4.90 Å². The molecule has 2 heterocycles. The first-order valence-electron chi connectivity index (χ1n) is 9.20. The Morgan fingerprint density at radius 3 is 2.52 bits per heavy atom. The van der Waals surface area contributed by atoms with E-state index in [1.165, 1.54) is 49.7 Å². The molecule has 0 N–H and O–H groups in total. The van der Waals surface area contributed by atoms with Gasteiger partial charge < -0.3 is 4.74 Å². The van der Waals surface area contributed by atoms with Crippen LogP contribution < -0.4 is 0 Å². The second-order valence-electron chi connectivity index (χ2n) is 7.62. The minimum absolute atomic E-state index is 0.0511. The van der Waals surface area contributed by atoms with Gasteiger partial charge in [0.25, 0.3) is 0 Å². The molecule has 4 rings (SSSR count). The van der Waals surface area contributed by atoms with Gasteiger partial charge in [-0.2, -0.15) is 0 Å². The Morgan fingerprint density at radius 2 is 1.87 bits per heavy atom. The van der Waals surface area contributed by atoms with Gasteiger partial charge in [-0.25, -0.2) is 0 Å². The van der Waals surface area contributed by atoms with Gasteiger partial charge in [0, 0.05) is 18.9 Å². The Balaban J connectivity index is 1.47. The van der Waals surface area contributed by atoms with E-state index in [1.807, 2.05) is 6.07 Å². The maximum Gasteiger partial charge on any atom is 0.312 e. The van der Waals surface area contributed by atoms with E-state index in [9.17, 15) is 4.79 Å². The van der Waals surface area contributed by atoms with Crippen LogP contribution in [-0.2, 0) is 16.0 Å². The number of esters is 1. The van der Waals surface area contributed by atoms with Crippen molar-refractivity contribution in [3.05, 3.63) is 35.4 Å². The van der Waals surface area contributed by atoms with Crippen LogP contribution in [0.4, 0.5) is 0 Å². The van der Waals surface area contributed by atoms with Crippen molar-refractivity contribution in [2.45, 2.75) is 75.5 Å². The summed E-state index contributed by atoms with van der Waals surface area (Å²) in [6.07, 6.45) is 9.94. The largest absolute Gasteiger partial charge is 0.443 e. The first kappa shape index (κ1) is 15.2. The van der Waals surface area contributed by atoms with Gasteiger partial charge in [0.2, 0.25) is 0 Å². The minimum Gasteiger partial charge on any atom is -0.443 e. The average molecular weight is 313 g/mol. The molecular formula is C20H27NO2. The number of nitrogens with zero attached hydrogens (tertiary/aromatic N) is 1. The molecule has 2 aliphatic heterocycles. The molecule has 2 bridgehead atoms. The summed E-state index contributed by atoms with van der Waals surface area (Å²) >= 11 is 0. The maximum absolute atomic E-state index is 12.6. The Morgan fingerprint density at radius 1 is 1.17 bits per heavy atom. The molecule has 1 aliphatic carbocycles. The number of benzene rings is 1. The fourth-order valence-corrected chi connectivity index (χ4v) is 5.03. The monoisotopic (exact) mass is 313 g/mol. The summed E-state index contributed by atoms with van der Waals surface area (Å²) in [7, 11) is 2.12. The number of ether oxygens (including phenoxy) is 1. The van der Waals surface area contributed by atoms with Crippen LogP contribution in [0.25, 0.3) is 0 Å². The van der Waals surface area contributed by atoms with Gasteiger partial charge in [0.1, 0.15) is 0 Å². The zero-order valence-corrected chi connectivity index (χ0v) is 14.1. The molecule has 0 spiro atoms. The second-order valence-corrected chi connectivity index (χ2v) is 7.62. The lowest BCUT2D eigenvalue weighted by molar-refractivity contribution is -0.172. The zero-order valence-electron chi connectivity index (χ0n) is 14.1. The molecule has 2 saturated heterocycles. The van der Waals surface area contributed by atoms with E-state index in [0.717, 1.165) is 12.8 Å². The van der Waals surface area contributed by atoms with Crippen LogP contribution in [-0.4, -0.2) is 29.7 Å². The highest BCUT2D eigenvalue weighted by Gasteiger charge is 2.52. The molecule has 3 heteroatoms. The summed E-state index contributed by atoms with van der Waals surface area (Å²) < 4.78 is 6.01. The van der Waals surface area contributed by atoms with Gasteiger partial charge in [-0.15, -0.1) is 0 Å². The predicted molar refractivity (Wildman–Crippen MR) is 90.2 cm³/mol. The van der Waals surface area contributed by atoms with Crippen molar-refractivity contribution in [1.29, 1.82) is 0 Å². The second kappa shape index (κ2) is 5.94. The number of fused-ring (bicyclic) bond motifs is 2. The van der Waals surface area contributed by atoms with Crippen LogP contribution in [0.2, 0.25) is 0 Å². The third kappa shape index (κ3) is 2.69. The maximum atomic E-state index is 12.6. The number of carbonyl (C=O) groups is 1. The van der Waals surface area contributed by atoms with Crippen LogP contribution in [0.1, 0.15) is 68.4 Å². The molecule has 0 aromatic heterocycles. The van der Waals surface area contributed by atoms with Crippen LogP contribution in [0.5, 0.6) is 0 Å². The summed E-state index contributed by atoms with van der Waals surface area (Å²) in [5.74, 6) is 0.590. The molecule has 0 radical (unpaired) electrons. The Hall–Kier alpha value is -1.35. The van der Waals surface area contributed by atoms with Crippen LogP contribution in [0.3, 0.4) is 0 Å². The number of rotatable bonds is 4. The van der Waals surface area contributed by atoms with E-state index >= 15 is 0 Å². The zero-order chi connectivity index (χ0) is 15.9. The first-order chi connectivity index (χ1) is 11.2. The van der Waals surface area contributed by atoms with Crippen molar-refractivity contribution in [2.75, 3.05) is 7.05 Å². The Kier molecular flexibility index (Phi) is 3.92. The topological polar surface area (TPSA) is 29.5 Å². The van der Waals surface area contributed by atoms with Gasteiger partial charge in [-0.3, -0.25) is 9.69 Å². The molecule has 1 aromatic carbocycles. The molecule has 3 fully saturated rings. The molecular weight excluding hydrogens is 286 g/mol. The van der Waals surface area contributed by atoms with Crippen molar-refractivity contribution in [2.24, 2.45) is 0 Å². The normalized spacial score (nSPS) is 30.9. The van der Waals surface area contributed by atoms with E-state index in [2.05, 4.69) is 30.1 Å². The Bertz CT molecular complexity index is 583. The quantitative estimate of drug-likeness (QED) is 0.787. The van der Waals surface area contributed by atoms with Crippen molar-refractivity contribution in [3.8, 4) is 0 Å². The van der Waals surface area contributed by atoms with E-state index in [-0.39, 0.29) is 11.7 Å². The summed E-state index contributed by atoms with van der Waals surface area (Å²) in [6, 6.07) is 9.10. The van der Waals surface area contributed by atoms with E-state index < -0.39 is 0 Å². The molecule has 23 heavy (non-hydrogen) atoms. The lowest BCUT2D eigenvalue weighted by Gasteiger charge is -2.32. The lowest BCUT2D eigenvalue weighted by atomic mass is 9.91. The van der Waals surface area contributed by atoms with Crippen LogP contribution >= 0.6 is 0 Å². The molecule has 124 valence electrons. The third-order valence-corrected chi connectivity index (χ3v) is 6.42. The highest BCUT2D eigenvalue weighted by molar-refractivity contribution is 5.73. The van der Waals surface area contributed by atoms with Crippen molar-refractivity contribution >= 4 is 5.97 Å². The standard InChI is InChI=1S/C20H27NO2/c1-21-17-10-12-20(21,13-11-17)23-19(22)14-16-8-4-5-9-18(16)15-6-2-3-7-15/h4-5,8-9,15,17H,2-3,6-7,10-14H2,1H3. The van der Waals surface area contributed by atoms with E-state index in [0.29, 0.717) is 18.4 Å². The van der Waals surface area contributed by atoms with Gasteiger partial charge in [-0.1, -0.05) is 37.1 Å². The third-order valence-electron chi connectivity index (χ3n) is 6.42. The average Bonchev–Trinajstić information content (AvgIpc) is 3.25. The van der Waals surface area contributed by atoms with Crippen LogP contribution in [0.15, 0.2) is 24.3 Å². The molecule has 1 aromatic rings. The predicted octanol–water partition coefficient (Wildman–Crippen LogP) is 4.01. The van der Waals surface area contributed by atoms with Crippen LogP contribution in [0, 0.1) is 0 Å². The van der Waals surface area contributed by atoms with Crippen molar-refractivity contribution < 1.29 is 9.53 Å². The fraction of sp³-hybridized carbons (Fsp3) is 0.650. The van der Waals surface area contributed by atoms with Gasteiger partial charge in [-0.05, 0) is 49.8 Å². The molecule has 0 atom stereocenters. The number of hydrogen-bond acceptors (Lipinski definition) is 3. The highest BCUT2D eigenvalue weighted by Crippen LogP contribution is 2.46. The number of carbonyl (C=O) groups excluding carboxylic acids is 1. The Labute approximate surface area is 139 Å². The van der Waals surface area contributed by atoms with E-state index in [1.54, 1.807) is 0 Å². The summed E-state index contributed by atoms with van der Waals surface area (Å²) in [5.41, 5.74) is 2.25. The summed E-state index contributed by atoms with van der Waals surface area (Å²) in [5, 5.41) is 0. The van der Waals surface area contributed by atoms with Gasteiger partial charge in [0.05, 0.1) is 6.42 Å². The molecule has 3 nitrogen and oxygen atoms in total. The van der Waals surface area contributed by atoms with E-state index in [4.69, 9.17) is 4.74 Å². The van der Waals surface area contributed by atoms with Crippen molar-refractivity contribution in [3.63, 3.8) is 0 Å². The molecule has 3 aliphatic rings. The van der Waals surface area contributed by atoms with Gasteiger partial charge >= 0.3 is 5.97 Å². The lowest BCUT2D eigenvalue weighted by Crippen LogP contribution is -2.42. The van der Waals surface area contributed by atoms with Gasteiger partial charge in [0.15, 0.2) is 5.72 Å². The number of hydrogen-bond donors (Lipinski definition) is 0. The highest BCUT2D eigenvalue weighted by atomic mass is 16.6. The smallest absolute Gasteiger partial charge is 0.312 e. The molecule has 0 unspecified atom stereocenters. The summed E-state index contributed by atoms with van der Waals surface area (Å²) in [6.45, 7) is 0. The SMILES string of the molecule is CN1C2CCC1(OC(=O)Cc1ccccc1C1CCCC1)CC2. The fourth-order valence-electron chi connectivity index (χ4n) is 5.03. The molecule has 1 saturated carbocycles.